The average molecular weight is 331 g/mol. The molecule has 19 heavy (non-hydrogen) atoms. The summed E-state index contributed by atoms with van der Waals surface area (Å²) in [5.74, 6) is 0. The molecule has 0 radical (unpaired) electrons. The lowest BCUT2D eigenvalue weighted by Gasteiger charge is -2.22. The van der Waals surface area contributed by atoms with Gasteiger partial charge in [-0.3, -0.25) is 0 Å². The van der Waals surface area contributed by atoms with E-state index in [1.165, 1.54) is 5.56 Å². The Kier molecular flexibility index (Phi) is 6.81. The second kappa shape index (κ2) is 8.66. The van der Waals surface area contributed by atoms with Crippen molar-refractivity contribution >= 4 is 15.9 Å². The van der Waals surface area contributed by atoms with Crippen LogP contribution in [-0.4, -0.2) is 45.9 Å². The second-order valence-corrected chi connectivity index (χ2v) is 5.15. The Balaban J connectivity index is 1.50. The molecular weight excluding hydrogens is 312 g/mol. The van der Waals surface area contributed by atoms with E-state index in [4.69, 9.17) is 18.9 Å². The fourth-order valence-corrected chi connectivity index (χ4v) is 2.23. The van der Waals surface area contributed by atoms with Crippen molar-refractivity contribution in [1.82, 2.24) is 0 Å². The van der Waals surface area contributed by atoms with Gasteiger partial charge in [0.1, 0.15) is 0 Å². The van der Waals surface area contributed by atoms with E-state index in [1.54, 1.807) is 0 Å². The molecule has 106 valence electrons. The Labute approximate surface area is 122 Å². The van der Waals surface area contributed by atoms with Crippen LogP contribution in [0.4, 0.5) is 0 Å². The van der Waals surface area contributed by atoms with Crippen LogP contribution in [0, 0.1) is 0 Å². The Hall–Kier alpha value is -0.460. The maximum Gasteiger partial charge on any atom is 0.181 e. The summed E-state index contributed by atoms with van der Waals surface area (Å²) in [7, 11) is 0. The van der Waals surface area contributed by atoms with E-state index in [1.807, 2.05) is 12.1 Å². The molecule has 1 aromatic carbocycles. The molecule has 0 amide bonds. The Bertz CT molecular complexity index is 366. The zero-order valence-corrected chi connectivity index (χ0v) is 12.4. The van der Waals surface area contributed by atoms with Gasteiger partial charge in [0.25, 0.3) is 0 Å². The molecule has 0 bridgehead atoms. The third-order valence-electron chi connectivity index (χ3n) is 2.74. The molecule has 0 spiro atoms. The van der Waals surface area contributed by atoms with E-state index in [0.717, 1.165) is 10.9 Å². The normalized spacial score (nSPS) is 19.5. The first-order chi connectivity index (χ1) is 9.34. The minimum absolute atomic E-state index is 0.234. The number of ether oxygens (including phenoxy) is 4. The Morgan fingerprint density at radius 1 is 1.21 bits per heavy atom. The lowest BCUT2D eigenvalue weighted by molar-refractivity contribution is -0.215. The summed E-state index contributed by atoms with van der Waals surface area (Å²) in [6, 6.07) is 8.25. The smallest absolute Gasteiger partial charge is 0.181 e. The summed E-state index contributed by atoms with van der Waals surface area (Å²) >= 11 is 3.45. The summed E-state index contributed by atoms with van der Waals surface area (Å²) in [6.45, 7) is 3.58. The largest absolute Gasteiger partial charge is 0.379 e. The van der Waals surface area contributed by atoms with Gasteiger partial charge in [-0.15, -0.1) is 0 Å². The molecule has 0 aliphatic carbocycles. The van der Waals surface area contributed by atoms with E-state index in [-0.39, 0.29) is 6.29 Å². The molecular formula is C14H19BrO4. The molecule has 0 N–H and O–H groups in total. The van der Waals surface area contributed by atoms with Gasteiger partial charge in [0, 0.05) is 4.47 Å². The standard InChI is InChI=1S/C14H19BrO4/c15-13-3-1-2-12(10-13)4-5-16-6-8-18-14-11-17-7-9-19-14/h1-3,10,14H,4-9,11H2. The zero-order chi connectivity index (χ0) is 13.3. The van der Waals surface area contributed by atoms with E-state index < -0.39 is 0 Å². The van der Waals surface area contributed by atoms with Crippen LogP contribution >= 0.6 is 15.9 Å². The monoisotopic (exact) mass is 330 g/mol. The summed E-state index contributed by atoms with van der Waals surface area (Å²) < 4.78 is 22.7. The van der Waals surface area contributed by atoms with Gasteiger partial charge in [0.15, 0.2) is 6.29 Å². The quantitative estimate of drug-likeness (QED) is 0.719. The van der Waals surface area contributed by atoms with E-state index in [0.29, 0.717) is 39.6 Å². The molecule has 1 fully saturated rings. The predicted octanol–water partition coefficient (Wildman–Crippen LogP) is 2.40. The van der Waals surface area contributed by atoms with Crippen LogP contribution in [0.25, 0.3) is 0 Å². The highest BCUT2D eigenvalue weighted by Crippen LogP contribution is 2.12. The molecule has 1 atom stereocenters. The number of rotatable bonds is 7. The number of halogens is 1. The number of benzene rings is 1. The Morgan fingerprint density at radius 2 is 2.16 bits per heavy atom. The lowest BCUT2D eigenvalue weighted by atomic mass is 10.2. The highest BCUT2D eigenvalue weighted by Gasteiger charge is 2.13. The topological polar surface area (TPSA) is 36.9 Å². The van der Waals surface area contributed by atoms with Crippen LogP contribution in [0.2, 0.25) is 0 Å². The minimum atomic E-state index is -0.234. The van der Waals surface area contributed by atoms with Crippen LogP contribution in [0.1, 0.15) is 5.56 Å². The average Bonchev–Trinajstić information content (AvgIpc) is 2.44. The minimum Gasteiger partial charge on any atom is -0.379 e. The molecule has 0 aromatic heterocycles. The van der Waals surface area contributed by atoms with Gasteiger partial charge in [0.2, 0.25) is 0 Å². The Morgan fingerprint density at radius 3 is 2.95 bits per heavy atom. The molecule has 1 aliphatic rings. The fourth-order valence-electron chi connectivity index (χ4n) is 1.79. The van der Waals surface area contributed by atoms with Gasteiger partial charge >= 0.3 is 0 Å². The molecule has 1 heterocycles. The van der Waals surface area contributed by atoms with Gasteiger partial charge < -0.3 is 18.9 Å². The molecule has 4 nitrogen and oxygen atoms in total. The van der Waals surface area contributed by atoms with Crippen LogP contribution in [0.5, 0.6) is 0 Å². The van der Waals surface area contributed by atoms with E-state index in [2.05, 4.69) is 28.1 Å². The third kappa shape index (κ3) is 6.01. The second-order valence-electron chi connectivity index (χ2n) is 4.24. The first-order valence-corrected chi connectivity index (χ1v) is 7.27. The predicted molar refractivity (Wildman–Crippen MR) is 75.2 cm³/mol. The highest BCUT2D eigenvalue weighted by atomic mass is 79.9. The number of hydrogen-bond donors (Lipinski definition) is 0. The van der Waals surface area contributed by atoms with Crippen molar-refractivity contribution in [3.63, 3.8) is 0 Å². The van der Waals surface area contributed by atoms with Crippen molar-refractivity contribution < 1.29 is 18.9 Å². The van der Waals surface area contributed by atoms with Crippen molar-refractivity contribution in [2.45, 2.75) is 12.7 Å². The maximum absolute atomic E-state index is 5.53. The summed E-state index contributed by atoms with van der Waals surface area (Å²) in [5, 5.41) is 0. The molecule has 5 heteroatoms. The lowest BCUT2D eigenvalue weighted by Crippen LogP contribution is -2.31. The number of hydrogen-bond acceptors (Lipinski definition) is 4. The summed E-state index contributed by atoms with van der Waals surface area (Å²) in [4.78, 5) is 0. The van der Waals surface area contributed by atoms with Crippen LogP contribution in [-0.2, 0) is 25.4 Å². The molecule has 1 unspecified atom stereocenters. The molecule has 1 aliphatic heterocycles. The van der Waals surface area contributed by atoms with Crippen LogP contribution < -0.4 is 0 Å². The van der Waals surface area contributed by atoms with E-state index >= 15 is 0 Å². The third-order valence-corrected chi connectivity index (χ3v) is 3.23. The van der Waals surface area contributed by atoms with Crippen molar-refractivity contribution in [2.24, 2.45) is 0 Å². The first kappa shape index (κ1) is 14.9. The molecule has 0 saturated carbocycles. The van der Waals surface area contributed by atoms with Crippen LogP contribution in [0.15, 0.2) is 28.7 Å². The molecule has 1 aromatic rings. The molecule has 2 rings (SSSR count). The zero-order valence-electron chi connectivity index (χ0n) is 10.8. The molecule has 1 saturated heterocycles. The van der Waals surface area contributed by atoms with Crippen molar-refractivity contribution in [3.05, 3.63) is 34.3 Å². The highest BCUT2D eigenvalue weighted by molar-refractivity contribution is 9.10. The van der Waals surface area contributed by atoms with Crippen molar-refractivity contribution in [3.8, 4) is 0 Å². The van der Waals surface area contributed by atoms with Gasteiger partial charge in [-0.05, 0) is 24.1 Å². The van der Waals surface area contributed by atoms with Gasteiger partial charge in [-0.25, -0.2) is 0 Å². The van der Waals surface area contributed by atoms with Crippen LogP contribution in [0.3, 0.4) is 0 Å². The fraction of sp³-hybridized carbons (Fsp3) is 0.571. The summed E-state index contributed by atoms with van der Waals surface area (Å²) in [6.07, 6.45) is 0.671. The maximum atomic E-state index is 5.53. The van der Waals surface area contributed by atoms with Crippen molar-refractivity contribution in [2.75, 3.05) is 39.6 Å². The van der Waals surface area contributed by atoms with Gasteiger partial charge in [0.05, 0.1) is 39.6 Å². The van der Waals surface area contributed by atoms with Gasteiger partial charge in [-0.1, -0.05) is 28.1 Å². The first-order valence-electron chi connectivity index (χ1n) is 6.48. The van der Waals surface area contributed by atoms with E-state index in [9.17, 15) is 0 Å². The SMILES string of the molecule is Brc1cccc(CCOCCOC2COCCO2)c1. The van der Waals surface area contributed by atoms with Crippen molar-refractivity contribution in [1.29, 1.82) is 0 Å². The summed E-state index contributed by atoms with van der Waals surface area (Å²) in [5.41, 5.74) is 1.26. The van der Waals surface area contributed by atoms with Gasteiger partial charge in [-0.2, -0.15) is 0 Å².